The number of hydrogen-bond acceptors (Lipinski definition) is 3. The molecule has 0 aliphatic heterocycles. The van der Waals surface area contributed by atoms with Gasteiger partial charge in [-0.3, -0.25) is 14.4 Å². The van der Waals surface area contributed by atoms with Gasteiger partial charge in [0.1, 0.15) is 0 Å². The lowest BCUT2D eigenvalue weighted by molar-refractivity contribution is -0.117. The lowest BCUT2D eigenvalue weighted by atomic mass is 10.1. The average molecular weight is 335 g/mol. The Morgan fingerprint density at radius 1 is 1.35 bits per heavy atom. The standard InChI is InChI=1S/C17H23ClN4O/c1-11-17(13(3)22(5)20-11)19-16(23)10-21(4)12(2)14-6-8-15(18)9-7-14/h6-9,12H,10H2,1-5H3,(H,19,23). The minimum absolute atomic E-state index is 0.0486. The first-order valence-electron chi connectivity index (χ1n) is 7.55. The van der Waals surface area contributed by atoms with Crippen LogP contribution in [0.1, 0.15) is 29.9 Å². The Morgan fingerprint density at radius 2 is 1.96 bits per heavy atom. The van der Waals surface area contributed by atoms with Gasteiger partial charge in [-0.2, -0.15) is 5.10 Å². The first kappa shape index (κ1) is 17.5. The van der Waals surface area contributed by atoms with Gasteiger partial charge in [-0.25, -0.2) is 0 Å². The third-order valence-corrected chi connectivity index (χ3v) is 4.43. The summed E-state index contributed by atoms with van der Waals surface area (Å²) in [6.45, 7) is 6.20. The van der Waals surface area contributed by atoms with Crippen molar-refractivity contribution in [2.75, 3.05) is 18.9 Å². The zero-order chi connectivity index (χ0) is 17.1. The Morgan fingerprint density at radius 3 is 2.48 bits per heavy atom. The number of amides is 1. The van der Waals surface area contributed by atoms with Crippen molar-refractivity contribution >= 4 is 23.2 Å². The van der Waals surface area contributed by atoms with Gasteiger partial charge < -0.3 is 5.32 Å². The molecule has 1 N–H and O–H groups in total. The van der Waals surface area contributed by atoms with Crippen LogP contribution >= 0.6 is 11.6 Å². The minimum Gasteiger partial charge on any atom is -0.322 e. The Kier molecular flexibility index (Phi) is 5.44. The third kappa shape index (κ3) is 4.12. The van der Waals surface area contributed by atoms with Crippen molar-refractivity contribution in [2.24, 2.45) is 7.05 Å². The summed E-state index contributed by atoms with van der Waals surface area (Å²) >= 11 is 5.92. The van der Waals surface area contributed by atoms with Crippen LogP contribution in [-0.4, -0.2) is 34.2 Å². The van der Waals surface area contributed by atoms with Crippen LogP contribution in [0.2, 0.25) is 5.02 Å². The van der Waals surface area contributed by atoms with Gasteiger partial charge in [0.15, 0.2) is 0 Å². The van der Waals surface area contributed by atoms with E-state index in [2.05, 4.69) is 17.3 Å². The van der Waals surface area contributed by atoms with Gasteiger partial charge in [0, 0.05) is 18.1 Å². The normalized spacial score (nSPS) is 12.5. The zero-order valence-corrected chi connectivity index (χ0v) is 15.0. The van der Waals surface area contributed by atoms with Crippen molar-refractivity contribution in [1.29, 1.82) is 0 Å². The number of aromatic nitrogens is 2. The number of carbonyl (C=O) groups excluding carboxylic acids is 1. The van der Waals surface area contributed by atoms with Crippen molar-refractivity contribution in [1.82, 2.24) is 14.7 Å². The highest BCUT2D eigenvalue weighted by atomic mass is 35.5. The van der Waals surface area contributed by atoms with Crippen LogP contribution in [0.15, 0.2) is 24.3 Å². The van der Waals surface area contributed by atoms with E-state index < -0.39 is 0 Å². The van der Waals surface area contributed by atoms with Gasteiger partial charge in [0.2, 0.25) is 5.91 Å². The predicted octanol–water partition coefficient (Wildman–Crippen LogP) is 3.32. The molecule has 1 atom stereocenters. The molecule has 0 bridgehead atoms. The molecule has 1 aromatic heterocycles. The van der Waals surface area contributed by atoms with Gasteiger partial charge in [-0.05, 0) is 45.5 Å². The molecule has 1 heterocycles. The summed E-state index contributed by atoms with van der Waals surface area (Å²) in [6.07, 6.45) is 0. The quantitative estimate of drug-likeness (QED) is 0.912. The van der Waals surface area contributed by atoms with Gasteiger partial charge in [-0.15, -0.1) is 0 Å². The third-order valence-electron chi connectivity index (χ3n) is 4.18. The molecular weight excluding hydrogens is 312 g/mol. The first-order chi connectivity index (χ1) is 10.8. The Bertz CT molecular complexity index is 693. The summed E-state index contributed by atoms with van der Waals surface area (Å²) in [7, 11) is 3.80. The second-order valence-corrected chi connectivity index (χ2v) is 6.30. The maximum absolute atomic E-state index is 12.3. The number of benzene rings is 1. The second kappa shape index (κ2) is 7.15. The van der Waals surface area contributed by atoms with E-state index in [1.54, 1.807) is 4.68 Å². The molecule has 6 heteroatoms. The number of anilines is 1. The Balaban J connectivity index is 2.00. The molecule has 0 spiro atoms. The van der Waals surface area contributed by atoms with Crippen LogP contribution < -0.4 is 5.32 Å². The van der Waals surface area contributed by atoms with Crippen LogP contribution in [-0.2, 0) is 11.8 Å². The van der Waals surface area contributed by atoms with Crippen molar-refractivity contribution in [3.05, 3.63) is 46.2 Å². The predicted molar refractivity (Wildman–Crippen MR) is 93.8 cm³/mol. The molecule has 2 rings (SSSR count). The summed E-state index contributed by atoms with van der Waals surface area (Å²) in [6, 6.07) is 7.81. The largest absolute Gasteiger partial charge is 0.322 e. The molecule has 0 fully saturated rings. The number of nitrogens with zero attached hydrogens (tertiary/aromatic N) is 3. The van der Waals surface area contributed by atoms with E-state index in [1.165, 1.54) is 0 Å². The SMILES string of the molecule is Cc1nn(C)c(C)c1NC(=O)CN(C)C(C)c1ccc(Cl)cc1. The molecule has 2 aromatic rings. The average Bonchev–Trinajstić information content (AvgIpc) is 2.73. The molecule has 0 aliphatic rings. The van der Waals surface area contributed by atoms with Crippen LogP contribution in [0.3, 0.4) is 0 Å². The molecule has 5 nitrogen and oxygen atoms in total. The highest BCUT2D eigenvalue weighted by Gasteiger charge is 2.17. The smallest absolute Gasteiger partial charge is 0.238 e. The van der Waals surface area contributed by atoms with Gasteiger partial charge >= 0.3 is 0 Å². The zero-order valence-electron chi connectivity index (χ0n) is 14.2. The van der Waals surface area contributed by atoms with Gasteiger partial charge in [0.25, 0.3) is 0 Å². The summed E-state index contributed by atoms with van der Waals surface area (Å²) in [5.41, 5.74) is 3.69. The van der Waals surface area contributed by atoms with E-state index >= 15 is 0 Å². The molecule has 1 aromatic carbocycles. The molecule has 0 saturated heterocycles. The highest BCUT2D eigenvalue weighted by molar-refractivity contribution is 6.30. The fourth-order valence-electron chi connectivity index (χ4n) is 2.49. The Hall–Kier alpha value is -1.85. The summed E-state index contributed by atoms with van der Waals surface area (Å²) in [5, 5.41) is 7.98. The van der Waals surface area contributed by atoms with E-state index in [9.17, 15) is 4.79 Å². The number of aryl methyl sites for hydroxylation is 2. The molecular formula is C17H23ClN4O. The van der Waals surface area contributed by atoms with E-state index in [0.29, 0.717) is 11.6 Å². The summed E-state index contributed by atoms with van der Waals surface area (Å²) < 4.78 is 1.77. The summed E-state index contributed by atoms with van der Waals surface area (Å²) in [4.78, 5) is 14.3. The van der Waals surface area contributed by atoms with Crippen molar-refractivity contribution < 1.29 is 4.79 Å². The van der Waals surface area contributed by atoms with Crippen LogP contribution in [0, 0.1) is 13.8 Å². The Labute approximate surface area is 142 Å². The van der Waals surface area contributed by atoms with Crippen molar-refractivity contribution in [2.45, 2.75) is 26.8 Å². The molecule has 0 radical (unpaired) electrons. The number of likely N-dealkylation sites (N-methyl/N-ethyl adjacent to an activating group) is 1. The maximum Gasteiger partial charge on any atom is 0.238 e. The maximum atomic E-state index is 12.3. The number of hydrogen-bond donors (Lipinski definition) is 1. The van der Waals surface area contributed by atoms with Crippen molar-refractivity contribution in [3.8, 4) is 0 Å². The van der Waals surface area contributed by atoms with E-state index in [-0.39, 0.29) is 11.9 Å². The highest BCUT2D eigenvalue weighted by Crippen LogP contribution is 2.21. The number of rotatable bonds is 5. The first-order valence-corrected chi connectivity index (χ1v) is 7.93. The fourth-order valence-corrected chi connectivity index (χ4v) is 2.62. The topological polar surface area (TPSA) is 50.2 Å². The molecule has 23 heavy (non-hydrogen) atoms. The molecule has 124 valence electrons. The molecule has 0 saturated carbocycles. The monoisotopic (exact) mass is 334 g/mol. The second-order valence-electron chi connectivity index (χ2n) is 5.86. The van der Waals surface area contributed by atoms with Gasteiger partial charge in [-0.1, -0.05) is 23.7 Å². The lowest BCUT2D eigenvalue weighted by Crippen LogP contribution is -2.32. The van der Waals surface area contributed by atoms with Crippen LogP contribution in [0.25, 0.3) is 0 Å². The van der Waals surface area contributed by atoms with Crippen LogP contribution in [0.4, 0.5) is 5.69 Å². The number of carbonyl (C=O) groups is 1. The number of nitrogens with one attached hydrogen (secondary N) is 1. The fraction of sp³-hybridized carbons (Fsp3) is 0.412. The number of halogens is 1. The van der Waals surface area contributed by atoms with Gasteiger partial charge in [0.05, 0.1) is 23.6 Å². The molecule has 0 aliphatic carbocycles. The molecule has 1 amide bonds. The van der Waals surface area contributed by atoms with E-state index in [1.807, 2.05) is 57.1 Å². The van der Waals surface area contributed by atoms with E-state index in [4.69, 9.17) is 11.6 Å². The van der Waals surface area contributed by atoms with Crippen LogP contribution in [0.5, 0.6) is 0 Å². The van der Waals surface area contributed by atoms with E-state index in [0.717, 1.165) is 22.6 Å². The minimum atomic E-state index is -0.0486. The lowest BCUT2D eigenvalue weighted by Gasteiger charge is -2.24. The van der Waals surface area contributed by atoms with Crippen molar-refractivity contribution in [3.63, 3.8) is 0 Å². The molecule has 1 unspecified atom stereocenters. The summed E-state index contributed by atoms with van der Waals surface area (Å²) in [5.74, 6) is -0.0486.